The van der Waals surface area contributed by atoms with Gasteiger partial charge in [-0.25, -0.2) is 4.79 Å². The summed E-state index contributed by atoms with van der Waals surface area (Å²) >= 11 is 0. The van der Waals surface area contributed by atoms with Crippen LogP contribution in [-0.4, -0.2) is 54.6 Å². The fourth-order valence-electron chi connectivity index (χ4n) is 6.11. The fourth-order valence-corrected chi connectivity index (χ4v) is 6.11. The van der Waals surface area contributed by atoms with Crippen molar-refractivity contribution in [3.05, 3.63) is 125 Å². The minimum atomic E-state index is -0.672. The van der Waals surface area contributed by atoms with Gasteiger partial charge in [0.15, 0.2) is 0 Å². The second-order valence-corrected chi connectivity index (χ2v) is 11.6. The van der Waals surface area contributed by atoms with E-state index in [1.54, 1.807) is 25.1 Å². The first-order valence-corrected chi connectivity index (χ1v) is 15.9. The summed E-state index contributed by atoms with van der Waals surface area (Å²) < 4.78 is 5.15. The van der Waals surface area contributed by atoms with E-state index in [-0.39, 0.29) is 18.4 Å². The summed E-state index contributed by atoms with van der Waals surface area (Å²) in [5.41, 5.74) is 5.62. The molecule has 2 aliphatic rings. The summed E-state index contributed by atoms with van der Waals surface area (Å²) in [7, 11) is 0. The number of anilines is 2. The Balaban J connectivity index is 1.32. The number of amides is 2. The SMILES string of the molecule is CCOC(=O)c1ccc2c(c1)NC(=O)C2C(=Nc1ccc(N(Cc2ccccc2)C(=O)CN2CCCCC2)cc1)c1ccccc1. The van der Waals surface area contributed by atoms with Gasteiger partial charge in [-0.15, -0.1) is 0 Å². The normalized spacial score (nSPS) is 16.4. The largest absolute Gasteiger partial charge is 0.462 e. The number of likely N-dealkylation sites (tertiary alicyclic amines) is 1. The van der Waals surface area contributed by atoms with Gasteiger partial charge in [-0.1, -0.05) is 73.2 Å². The van der Waals surface area contributed by atoms with Crippen LogP contribution in [0.1, 0.15) is 59.2 Å². The van der Waals surface area contributed by atoms with Gasteiger partial charge in [-0.3, -0.25) is 19.5 Å². The van der Waals surface area contributed by atoms with E-state index in [9.17, 15) is 14.4 Å². The highest BCUT2D eigenvalue weighted by atomic mass is 16.5. The fraction of sp³-hybridized carbons (Fsp3) is 0.263. The first-order valence-electron chi connectivity index (χ1n) is 15.9. The van der Waals surface area contributed by atoms with Crippen molar-refractivity contribution in [3.8, 4) is 0 Å². The summed E-state index contributed by atoms with van der Waals surface area (Å²) in [6.07, 6.45) is 3.46. The van der Waals surface area contributed by atoms with E-state index < -0.39 is 11.9 Å². The lowest BCUT2D eigenvalue weighted by atomic mass is 9.90. The number of nitrogens with zero attached hydrogens (tertiary/aromatic N) is 3. The van der Waals surface area contributed by atoms with E-state index in [0.717, 1.165) is 48.3 Å². The van der Waals surface area contributed by atoms with Gasteiger partial charge in [0.25, 0.3) is 0 Å². The summed E-state index contributed by atoms with van der Waals surface area (Å²) in [6.45, 7) is 4.78. The van der Waals surface area contributed by atoms with Crippen LogP contribution in [0.4, 0.5) is 17.1 Å². The van der Waals surface area contributed by atoms with E-state index in [1.807, 2.05) is 89.8 Å². The molecule has 4 aromatic rings. The van der Waals surface area contributed by atoms with E-state index in [4.69, 9.17) is 9.73 Å². The van der Waals surface area contributed by atoms with Crippen molar-refractivity contribution < 1.29 is 19.1 Å². The number of piperidine rings is 1. The molecule has 2 aliphatic heterocycles. The Hall–Kier alpha value is -5.08. The smallest absolute Gasteiger partial charge is 0.338 e. The molecule has 4 aromatic carbocycles. The van der Waals surface area contributed by atoms with Crippen molar-refractivity contribution in [1.29, 1.82) is 0 Å². The quantitative estimate of drug-likeness (QED) is 0.158. The molecule has 1 fully saturated rings. The molecule has 234 valence electrons. The molecule has 0 aliphatic carbocycles. The lowest BCUT2D eigenvalue weighted by Gasteiger charge is -2.30. The van der Waals surface area contributed by atoms with Crippen LogP contribution in [0.5, 0.6) is 0 Å². The van der Waals surface area contributed by atoms with E-state index in [0.29, 0.717) is 35.7 Å². The van der Waals surface area contributed by atoms with Gasteiger partial charge in [-0.05, 0) is 85.9 Å². The second kappa shape index (κ2) is 14.3. The lowest BCUT2D eigenvalue weighted by Crippen LogP contribution is -2.42. The number of hydrogen-bond acceptors (Lipinski definition) is 6. The third-order valence-corrected chi connectivity index (χ3v) is 8.44. The zero-order valence-electron chi connectivity index (χ0n) is 26.0. The minimum Gasteiger partial charge on any atom is -0.462 e. The molecule has 2 amide bonds. The summed E-state index contributed by atoms with van der Waals surface area (Å²) in [5, 5.41) is 2.94. The average molecular weight is 615 g/mol. The van der Waals surface area contributed by atoms with Gasteiger partial charge in [0, 0.05) is 11.4 Å². The molecular weight excluding hydrogens is 576 g/mol. The van der Waals surface area contributed by atoms with Crippen LogP contribution >= 0.6 is 0 Å². The predicted molar refractivity (Wildman–Crippen MR) is 181 cm³/mol. The average Bonchev–Trinajstić information content (AvgIpc) is 3.42. The number of aliphatic imine (C=N–C) groups is 1. The Morgan fingerprint density at radius 1 is 0.870 bits per heavy atom. The number of benzene rings is 4. The van der Waals surface area contributed by atoms with Gasteiger partial charge in [0.1, 0.15) is 5.92 Å². The number of ether oxygens (including phenoxy) is 1. The van der Waals surface area contributed by atoms with Gasteiger partial charge in [0.2, 0.25) is 11.8 Å². The van der Waals surface area contributed by atoms with Crippen LogP contribution in [0.2, 0.25) is 0 Å². The molecule has 8 nitrogen and oxygen atoms in total. The number of carbonyl (C=O) groups is 3. The zero-order chi connectivity index (χ0) is 31.9. The maximum absolute atomic E-state index is 13.7. The van der Waals surface area contributed by atoms with Crippen molar-refractivity contribution in [2.45, 2.75) is 38.6 Å². The molecule has 46 heavy (non-hydrogen) atoms. The molecule has 1 atom stereocenters. The summed E-state index contributed by atoms with van der Waals surface area (Å²) in [4.78, 5) is 48.6. The van der Waals surface area contributed by atoms with Crippen LogP contribution in [0.3, 0.4) is 0 Å². The molecule has 2 heterocycles. The molecule has 0 spiro atoms. The molecule has 8 heteroatoms. The molecule has 1 saturated heterocycles. The standard InChI is InChI=1S/C38H38N4O4/c1-2-46-38(45)29-16-21-32-33(24-29)40-37(44)35(32)36(28-14-8-4-9-15-28)39-30-17-19-31(20-18-30)42(25-27-12-6-3-7-13-27)34(43)26-41-22-10-5-11-23-41/h3-4,6-9,12-21,24,35H,2,5,10-11,22-23,25-26H2,1H3,(H,40,44). The Kier molecular flexibility index (Phi) is 9.65. The first-order chi connectivity index (χ1) is 22.5. The first kappa shape index (κ1) is 30.9. The molecule has 1 N–H and O–H groups in total. The molecule has 0 radical (unpaired) electrons. The molecule has 0 bridgehead atoms. The molecule has 0 saturated carbocycles. The van der Waals surface area contributed by atoms with Crippen LogP contribution in [0, 0.1) is 0 Å². The van der Waals surface area contributed by atoms with Crippen molar-refractivity contribution in [2.75, 3.05) is 36.5 Å². The van der Waals surface area contributed by atoms with Crippen LogP contribution in [0.15, 0.2) is 108 Å². The van der Waals surface area contributed by atoms with Gasteiger partial charge in [0.05, 0.1) is 36.7 Å². The van der Waals surface area contributed by atoms with E-state index in [2.05, 4.69) is 10.2 Å². The molecule has 0 aromatic heterocycles. The Labute approximate surface area is 269 Å². The highest BCUT2D eigenvalue weighted by Crippen LogP contribution is 2.37. The molecular formula is C38H38N4O4. The third-order valence-electron chi connectivity index (χ3n) is 8.44. The highest BCUT2D eigenvalue weighted by molar-refractivity contribution is 6.24. The van der Waals surface area contributed by atoms with E-state index in [1.165, 1.54) is 6.42 Å². The number of carbonyl (C=O) groups excluding carboxylic acids is 3. The van der Waals surface area contributed by atoms with Crippen molar-refractivity contribution in [3.63, 3.8) is 0 Å². The number of fused-ring (bicyclic) bond motifs is 1. The second-order valence-electron chi connectivity index (χ2n) is 11.6. The van der Waals surface area contributed by atoms with Crippen LogP contribution in [-0.2, 0) is 20.9 Å². The maximum atomic E-state index is 13.7. The van der Waals surface area contributed by atoms with Crippen LogP contribution < -0.4 is 10.2 Å². The Morgan fingerprint density at radius 3 is 2.26 bits per heavy atom. The van der Waals surface area contributed by atoms with E-state index >= 15 is 0 Å². The monoisotopic (exact) mass is 614 g/mol. The maximum Gasteiger partial charge on any atom is 0.338 e. The Morgan fingerprint density at radius 2 is 1.57 bits per heavy atom. The number of nitrogens with one attached hydrogen (secondary N) is 1. The van der Waals surface area contributed by atoms with Crippen LogP contribution in [0.25, 0.3) is 0 Å². The van der Waals surface area contributed by atoms with Gasteiger partial charge < -0.3 is 15.0 Å². The number of esters is 1. The van der Waals surface area contributed by atoms with Gasteiger partial charge >= 0.3 is 5.97 Å². The highest BCUT2D eigenvalue weighted by Gasteiger charge is 2.36. The topological polar surface area (TPSA) is 91.3 Å². The zero-order valence-corrected chi connectivity index (χ0v) is 26.0. The summed E-state index contributed by atoms with van der Waals surface area (Å²) in [6, 6.07) is 32.4. The van der Waals surface area contributed by atoms with Gasteiger partial charge in [-0.2, -0.15) is 0 Å². The molecule has 6 rings (SSSR count). The third kappa shape index (κ3) is 7.08. The minimum absolute atomic E-state index is 0.0633. The predicted octanol–water partition coefficient (Wildman–Crippen LogP) is 6.74. The Bertz CT molecular complexity index is 1720. The van der Waals surface area contributed by atoms with Crippen molar-refractivity contribution in [2.24, 2.45) is 4.99 Å². The molecule has 1 unspecified atom stereocenters. The number of hydrogen-bond donors (Lipinski definition) is 1. The lowest BCUT2D eigenvalue weighted by molar-refractivity contribution is -0.120. The van der Waals surface area contributed by atoms with Crippen molar-refractivity contribution in [1.82, 2.24) is 4.90 Å². The number of rotatable bonds is 10. The van der Waals surface area contributed by atoms with Crippen molar-refractivity contribution >= 4 is 40.6 Å². The summed E-state index contributed by atoms with van der Waals surface area (Å²) in [5.74, 6) is -1.26.